The third kappa shape index (κ3) is 2.98. The second-order valence-electron chi connectivity index (χ2n) is 3.82. The first kappa shape index (κ1) is 11.9. The molecular weight excluding hydrogens is 230 g/mol. The van der Waals surface area contributed by atoms with Crippen LogP contribution in [0.1, 0.15) is 5.56 Å². The topological polar surface area (TPSA) is 88.2 Å². The van der Waals surface area contributed by atoms with Crippen molar-refractivity contribution in [2.45, 2.75) is 6.42 Å². The first-order chi connectivity index (χ1) is 8.65. The number of hydrogen-bond donors (Lipinski definition) is 3. The van der Waals surface area contributed by atoms with Crippen molar-refractivity contribution >= 4 is 17.4 Å². The summed E-state index contributed by atoms with van der Waals surface area (Å²) in [6, 6.07) is 9.78. The zero-order valence-electron chi connectivity index (χ0n) is 9.63. The highest BCUT2D eigenvalue weighted by molar-refractivity contribution is 5.92. The fourth-order valence-corrected chi connectivity index (χ4v) is 1.54. The first-order valence-electron chi connectivity index (χ1n) is 5.43. The number of hydrogen-bond acceptors (Lipinski definition) is 4. The van der Waals surface area contributed by atoms with Crippen molar-refractivity contribution in [2.24, 2.45) is 0 Å². The molecule has 1 heterocycles. The first-order valence-corrected chi connectivity index (χ1v) is 5.43. The summed E-state index contributed by atoms with van der Waals surface area (Å²) >= 11 is 0. The fourth-order valence-electron chi connectivity index (χ4n) is 1.54. The Labute approximate surface area is 104 Å². The number of rotatable bonds is 3. The van der Waals surface area contributed by atoms with Crippen molar-refractivity contribution in [3.05, 3.63) is 48.2 Å². The summed E-state index contributed by atoms with van der Waals surface area (Å²) in [7, 11) is 0. The van der Waals surface area contributed by atoms with Gasteiger partial charge in [-0.05, 0) is 35.9 Å². The van der Waals surface area contributed by atoms with Crippen LogP contribution in [-0.2, 0) is 11.2 Å². The van der Waals surface area contributed by atoms with E-state index in [-0.39, 0.29) is 18.1 Å². The molecule has 0 radical (unpaired) electrons. The number of nitrogens with one attached hydrogen (secondary N) is 1. The van der Waals surface area contributed by atoms with Crippen molar-refractivity contribution < 1.29 is 9.90 Å². The van der Waals surface area contributed by atoms with E-state index in [1.165, 1.54) is 12.1 Å². The van der Waals surface area contributed by atoms with E-state index in [0.717, 1.165) is 0 Å². The predicted molar refractivity (Wildman–Crippen MR) is 69.1 cm³/mol. The van der Waals surface area contributed by atoms with Crippen LogP contribution in [0.5, 0.6) is 5.75 Å². The summed E-state index contributed by atoms with van der Waals surface area (Å²) in [5.41, 5.74) is 6.79. The minimum Gasteiger partial charge on any atom is -0.508 e. The van der Waals surface area contributed by atoms with Gasteiger partial charge in [0.1, 0.15) is 11.6 Å². The molecule has 0 saturated heterocycles. The number of amides is 1. The van der Waals surface area contributed by atoms with Crippen molar-refractivity contribution in [3.8, 4) is 5.75 Å². The highest BCUT2D eigenvalue weighted by atomic mass is 16.3. The second kappa shape index (κ2) is 5.18. The molecule has 2 rings (SSSR count). The number of pyridine rings is 1. The fraction of sp³-hybridized carbons (Fsp3) is 0.0769. The van der Waals surface area contributed by atoms with E-state index in [9.17, 15) is 9.90 Å². The van der Waals surface area contributed by atoms with Crippen molar-refractivity contribution in [1.29, 1.82) is 0 Å². The zero-order chi connectivity index (χ0) is 13.0. The number of phenols is 1. The van der Waals surface area contributed by atoms with Gasteiger partial charge in [-0.25, -0.2) is 4.98 Å². The third-order valence-corrected chi connectivity index (χ3v) is 2.41. The second-order valence-corrected chi connectivity index (χ2v) is 3.82. The maximum Gasteiger partial charge on any atom is 0.230 e. The summed E-state index contributed by atoms with van der Waals surface area (Å²) in [5.74, 6) is 0.345. The average molecular weight is 243 g/mol. The largest absolute Gasteiger partial charge is 0.508 e. The molecule has 1 aromatic heterocycles. The highest BCUT2D eigenvalue weighted by Crippen LogP contribution is 2.19. The number of phenolic OH excluding ortho intramolecular Hbond substituents is 1. The maximum absolute atomic E-state index is 11.8. The molecule has 0 aliphatic heterocycles. The Balaban J connectivity index is 2.05. The quantitative estimate of drug-likeness (QED) is 0.563. The summed E-state index contributed by atoms with van der Waals surface area (Å²) < 4.78 is 0. The Kier molecular flexibility index (Phi) is 3.43. The van der Waals surface area contributed by atoms with E-state index >= 15 is 0 Å². The Morgan fingerprint density at radius 2 is 2.17 bits per heavy atom. The van der Waals surface area contributed by atoms with Crippen LogP contribution in [0.3, 0.4) is 0 Å². The lowest BCUT2D eigenvalue weighted by atomic mass is 10.1. The molecule has 0 fully saturated rings. The van der Waals surface area contributed by atoms with Crippen LogP contribution in [0.4, 0.5) is 11.5 Å². The SMILES string of the molecule is Nc1ccc(O)cc1CC(=O)Nc1ccccn1. The lowest BCUT2D eigenvalue weighted by Gasteiger charge is -2.07. The maximum atomic E-state index is 11.8. The van der Waals surface area contributed by atoms with Gasteiger partial charge in [0.2, 0.25) is 5.91 Å². The van der Waals surface area contributed by atoms with Gasteiger partial charge in [-0.15, -0.1) is 0 Å². The van der Waals surface area contributed by atoms with Gasteiger partial charge < -0.3 is 16.2 Å². The number of anilines is 2. The number of aromatic nitrogens is 1. The monoisotopic (exact) mass is 243 g/mol. The smallest absolute Gasteiger partial charge is 0.230 e. The molecule has 4 N–H and O–H groups in total. The van der Waals surface area contributed by atoms with Gasteiger partial charge in [-0.3, -0.25) is 4.79 Å². The average Bonchev–Trinajstić information content (AvgIpc) is 2.35. The molecular formula is C13H13N3O2. The number of benzene rings is 1. The van der Waals surface area contributed by atoms with Gasteiger partial charge >= 0.3 is 0 Å². The standard InChI is InChI=1S/C13H13N3O2/c14-11-5-4-10(17)7-9(11)8-13(18)16-12-3-1-2-6-15-12/h1-7,17H,8,14H2,(H,15,16,18). The number of nitrogens with zero attached hydrogens (tertiary/aromatic N) is 1. The van der Waals surface area contributed by atoms with Crippen molar-refractivity contribution in [3.63, 3.8) is 0 Å². The number of aromatic hydroxyl groups is 1. The Bertz CT molecular complexity index is 555. The molecule has 5 nitrogen and oxygen atoms in total. The number of nitrogens with two attached hydrogens (primary N) is 1. The van der Waals surface area contributed by atoms with Gasteiger partial charge in [-0.2, -0.15) is 0 Å². The van der Waals surface area contributed by atoms with Crippen LogP contribution in [0.25, 0.3) is 0 Å². The molecule has 0 spiro atoms. The minimum absolute atomic E-state index is 0.0878. The van der Waals surface area contributed by atoms with E-state index in [0.29, 0.717) is 17.1 Å². The third-order valence-electron chi connectivity index (χ3n) is 2.41. The van der Waals surface area contributed by atoms with E-state index < -0.39 is 0 Å². The van der Waals surface area contributed by atoms with Crippen LogP contribution in [0, 0.1) is 0 Å². The van der Waals surface area contributed by atoms with Crippen LogP contribution < -0.4 is 11.1 Å². The lowest BCUT2D eigenvalue weighted by molar-refractivity contribution is -0.115. The molecule has 0 aliphatic carbocycles. The predicted octanol–water partition coefficient (Wildman–Crippen LogP) is 1.55. The number of nitrogen functional groups attached to an aromatic ring is 1. The molecule has 92 valence electrons. The van der Waals surface area contributed by atoms with E-state index in [1.54, 1.807) is 30.5 Å². The summed E-state index contributed by atoms with van der Waals surface area (Å²) in [6.45, 7) is 0. The Morgan fingerprint density at radius 3 is 2.89 bits per heavy atom. The van der Waals surface area contributed by atoms with Gasteiger partial charge in [0, 0.05) is 11.9 Å². The van der Waals surface area contributed by atoms with E-state index in [4.69, 9.17) is 5.73 Å². The molecule has 0 aliphatic rings. The Hall–Kier alpha value is -2.56. The lowest BCUT2D eigenvalue weighted by Crippen LogP contribution is -2.16. The van der Waals surface area contributed by atoms with E-state index in [1.807, 2.05) is 0 Å². The van der Waals surface area contributed by atoms with Gasteiger partial charge in [0.25, 0.3) is 0 Å². The Morgan fingerprint density at radius 1 is 1.33 bits per heavy atom. The van der Waals surface area contributed by atoms with Crippen molar-refractivity contribution in [1.82, 2.24) is 4.98 Å². The van der Waals surface area contributed by atoms with Crippen LogP contribution in [-0.4, -0.2) is 16.0 Å². The summed E-state index contributed by atoms with van der Waals surface area (Å²) in [6.07, 6.45) is 1.69. The van der Waals surface area contributed by atoms with Crippen LogP contribution in [0.15, 0.2) is 42.6 Å². The van der Waals surface area contributed by atoms with Crippen LogP contribution in [0.2, 0.25) is 0 Å². The van der Waals surface area contributed by atoms with E-state index in [2.05, 4.69) is 10.3 Å². The molecule has 0 unspecified atom stereocenters. The molecule has 5 heteroatoms. The minimum atomic E-state index is -0.231. The number of carbonyl (C=O) groups is 1. The van der Waals surface area contributed by atoms with Crippen molar-refractivity contribution in [2.75, 3.05) is 11.1 Å². The summed E-state index contributed by atoms with van der Waals surface area (Å²) in [4.78, 5) is 15.7. The molecule has 1 amide bonds. The highest BCUT2D eigenvalue weighted by Gasteiger charge is 2.08. The number of carbonyl (C=O) groups excluding carboxylic acids is 1. The normalized spacial score (nSPS) is 10.0. The molecule has 18 heavy (non-hydrogen) atoms. The zero-order valence-corrected chi connectivity index (χ0v) is 9.63. The van der Waals surface area contributed by atoms with Gasteiger partial charge in [-0.1, -0.05) is 6.07 Å². The molecule has 0 bridgehead atoms. The summed E-state index contributed by atoms with van der Waals surface area (Å²) in [5, 5.41) is 12.0. The molecule has 0 atom stereocenters. The molecule has 0 saturated carbocycles. The van der Waals surface area contributed by atoms with Crippen LogP contribution >= 0.6 is 0 Å². The molecule has 1 aromatic carbocycles. The van der Waals surface area contributed by atoms with Gasteiger partial charge in [0.05, 0.1) is 6.42 Å². The molecule has 2 aromatic rings. The van der Waals surface area contributed by atoms with Gasteiger partial charge in [0.15, 0.2) is 0 Å².